The Morgan fingerprint density at radius 3 is 2.18 bits per heavy atom. The molecule has 0 radical (unpaired) electrons. The van der Waals surface area contributed by atoms with Gasteiger partial charge in [0.15, 0.2) is 0 Å². The van der Waals surface area contributed by atoms with E-state index in [1.54, 1.807) is 12.4 Å². The number of hydrogen-bond acceptors (Lipinski definition) is 2. The van der Waals surface area contributed by atoms with Crippen molar-refractivity contribution in [2.75, 3.05) is 0 Å². The van der Waals surface area contributed by atoms with Crippen molar-refractivity contribution < 1.29 is 0 Å². The van der Waals surface area contributed by atoms with E-state index >= 15 is 0 Å². The molecule has 0 aromatic carbocycles. The van der Waals surface area contributed by atoms with E-state index < -0.39 is 0 Å². The van der Waals surface area contributed by atoms with Gasteiger partial charge in [-0.1, -0.05) is 20.8 Å². The fraction of sp³-hybridized carbons (Fsp3) is 0.556. The first-order chi connectivity index (χ1) is 5.43. The Balaban J connectivity index is 0.000000461. The third-order valence-corrected chi connectivity index (χ3v) is 1.09. The number of rotatable bonds is 2. The minimum atomic E-state index is 0.944. The van der Waals surface area contributed by atoms with E-state index in [9.17, 15) is 0 Å². The third-order valence-electron chi connectivity index (χ3n) is 1.09. The summed E-state index contributed by atoms with van der Waals surface area (Å²) in [7, 11) is 0. The maximum atomic E-state index is 4.06. The van der Waals surface area contributed by atoms with Crippen LogP contribution in [0.5, 0.6) is 0 Å². The third kappa shape index (κ3) is 4.48. The summed E-state index contributed by atoms with van der Waals surface area (Å²) in [5.41, 5.74) is 0. The van der Waals surface area contributed by atoms with Gasteiger partial charge in [-0.05, 0) is 12.5 Å². The highest BCUT2D eigenvalue weighted by molar-refractivity contribution is 4.87. The average molecular weight is 152 g/mol. The summed E-state index contributed by atoms with van der Waals surface area (Å²) in [5, 5.41) is 0. The highest BCUT2D eigenvalue weighted by atomic mass is 14.8. The van der Waals surface area contributed by atoms with E-state index in [1.807, 2.05) is 19.9 Å². The molecule has 0 aliphatic heterocycles. The average Bonchev–Trinajstić information content (AvgIpc) is 2.11. The zero-order chi connectivity index (χ0) is 8.53. The van der Waals surface area contributed by atoms with Gasteiger partial charge in [-0.2, -0.15) is 0 Å². The van der Waals surface area contributed by atoms with Crippen molar-refractivity contribution in [3.05, 3.63) is 24.3 Å². The Bertz CT molecular complexity index is 160. The van der Waals surface area contributed by atoms with Crippen molar-refractivity contribution >= 4 is 0 Å². The number of aromatic nitrogens is 2. The second kappa shape index (κ2) is 7.19. The summed E-state index contributed by atoms with van der Waals surface area (Å²) in [6, 6.07) is 1.83. The van der Waals surface area contributed by atoms with Crippen LogP contribution in [0.1, 0.15) is 33.0 Å². The Kier molecular flexibility index (Phi) is 6.59. The number of aryl methyl sites for hydroxylation is 1. The molecule has 0 saturated heterocycles. The molecule has 1 aromatic heterocycles. The van der Waals surface area contributed by atoms with Crippen LogP contribution in [0.2, 0.25) is 0 Å². The van der Waals surface area contributed by atoms with Gasteiger partial charge < -0.3 is 0 Å². The van der Waals surface area contributed by atoms with Crippen LogP contribution in [0, 0.1) is 0 Å². The lowest BCUT2D eigenvalue weighted by atomic mass is 10.3. The summed E-state index contributed by atoms with van der Waals surface area (Å²) in [4.78, 5) is 8.11. The van der Waals surface area contributed by atoms with Gasteiger partial charge in [0.05, 0.1) is 0 Å². The summed E-state index contributed by atoms with van der Waals surface area (Å²) in [6.45, 7) is 6.12. The van der Waals surface area contributed by atoms with Crippen molar-refractivity contribution in [1.29, 1.82) is 0 Å². The minimum absolute atomic E-state index is 0.944. The molecule has 0 saturated carbocycles. The van der Waals surface area contributed by atoms with Gasteiger partial charge in [-0.15, -0.1) is 0 Å². The van der Waals surface area contributed by atoms with Crippen LogP contribution < -0.4 is 0 Å². The van der Waals surface area contributed by atoms with E-state index in [2.05, 4.69) is 16.9 Å². The topological polar surface area (TPSA) is 25.8 Å². The Hall–Kier alpha value is -0.920. The minimum Gasteiger partial charge on any atom is -0.241 e. The number of nitrogens with zero attached hydrogens (tertiary/aromatic N) is 2. The molecule has 1 heterocycles. The Morgan fingerprint density at radius 1 is 1.18 bits per heavy atom. The second-order valence-electron chi connectivity index (χ2n) is 1.92. The lowest BCUT2D eigenvalue weighted by Crippen LogP contribution is -1.90. The van der Waals surface area contributed by atoms with Crippen molar-refractivity contribution in [3.8, 4) is 0 Å². The summed E-state index contributed by atoms with van der Waals surface area (Å²) < 4.78 is 0. The molecule has 0 amide bonds. The molecule has 0 N–H and O–H groups in total. The molecular weight excluding hydrogens is 136 g/mol. The van der Waals surface area contributed by atoms with Gasteiger partial charge in [-0.25, -0.2) is 9.97 Å². The maximum absolute atomic E-state index is 4.06. The lowest BCUT2D eigenvalue weighted by molar-refractivity contribution is 0.834. The summed E-state index contributed by atoms with van der Waals surface area (Å²) >= 11 is 0. The van der Waals surface area contributed by atoms with Gasteiger partial charge in [0.2, 0.25) is 0 Å². The van der Waals surface area contributed by atoms with Crippen molar-refractivity contribution in [3.63, 3.8) is 0 Å². The predicted molar refractivity (Wildman–Crippen MR) is 47.4 cm³/mol. The van der Waals surface area contributed by atoms with E-state index in [1.165, 1.54) is 0 Å². The predicted octanol–water partition coefficient (Wildman–Crippen LogP) is 2.46. The van der Waals surface area contributed by atoms with Crippen LogP contribution in [0.25, 0.3) is 0 Å². The Morgan fingerprint density at radius 2 is 1.73 bits per heavy atom. The number of hydrogen-bond donors (Lipinski definition) is 0. The van der Waals surface area contributed by atoms with E-state index in [0.29, 0.717) is 0 Å². The zero-order valence-electron chi connectivity index (χ0n) is 7.54. The molecule has 0 spiro atoms. The SMILES string of the molecule is CC.CCCc1ncccn1. The van der Waals surface area contributed by atoms with Crippen LogP contribution in [0.3, 0.4) is 0 Å². The van der Waals surface area contributed by atoms with Gasteiger partial charge in [0, 0.05) is 18.8 Å². The molecule has 0 aliphatic rings. The van der Waals surface area contributed by atoms with Crippen molar-refractivity contribution in [2.24, 2.45) is 0 Å². The van der Waals surface area contributed by atoms with Crippen molar-refractivity contribution in [1.82, 2.24) is 9.97 Å². The molecule has 62 valence electrons. The van der Waals surface area contributed by atoms with Crippen LogP contribution in [-0.4, -0.2) is 9.97 Å². The molecule has 1 aromatic rings. The van der Waals surface area contributed by atoms with Gasteiger partial charge >= 0.3 is 0 Å². The quantitative estimate of drug-likeness (QED) is 0.650. The fourth-order valence-corrected chi connectivity index (χ4v) is 0.683. The van der Waals surface area contributed by atoms with E-state index in [0.717, 1.165) is 18.7 Å². The second-order valence-corrected chi connectivity index (χ2v) is 1.92. The monoisotopic (exact) mass is 152 g/mol. The molecule has 0 atom stereocenters. The maximum Gasteiger partial charge on any atom is 0.128 e. The van der Waals surface area contributed by atoms with Crippen LogP contribution in [0.15, 0.2) is 18.5 Å². The zero-order valence-corrected chi connectivity index (χ0v) is 7.54. The van der Waals surface area contributed by atoms with Crippen LogP contribution in [0.4, 0.5) is 0 Å². The fourth-order valence-electron chi connectivity index (χ4n) is 0.683. The Labute approximate surface area is 68.7 Å². The van der Waals surface area contributed by atoms with E-state index in [-0.39, 0.29) is 0 Å². The molecule has 2 heteroatoms. The van der Waals surface area contributed by atoms with Crippen LogP contribution >= 0.6 is 0 Å². The highest BCUT2D eigenvalue weighted by Gasteiger charge is 1.88. The van der Waals surface area contributed by atoms with Crippen molar-refractivity contribution in [2.45, 2.75) is 33.6 Å². The molecule has 1 rings (SSSR count). The molecule has 2 nitrogen and oxygen atoms in total. The van der Waals surface area contributed by atoms with Gasteiger partial charge in [-0.3, -0.25) is 0 Å². The van der Waals surface area contributed by atoms with Gasteiger partial charge in [0.25, 0.3) is 0 Å². The van der Waals surface area contributed by atoms with Crippen LogP contribution in [-0.2, 0) is 6.42 Å². The molecule has 0 fully saturated rings. The molecule has 0 unspecified atom stereocenters. The standard InChI is InChI=1S/C7H10N2.C2H6/c1-2-4-7-8-5-3-6-9-7;1-2/h3,5-6H,2,4H2,1H3;1-2H3. The lowest BCUT2D eigenvalue weighted by Gasteiger charge is -1.91. The van der Waals surface area contributed by atoms with Gasteiger partial charge in [0.1, 0.15) is 5.82 Å². The molecule has 0 aliphatic carbocycles. The first-order valence-electron chi connectivity index (χ1n) is 4.19. The normalized spacial score (nSPS) is 8.27. The first-order valence-corrected chi connectivity index (χ1v) is 4.19. The molecule has 11 heavy (non-hydrogen) atoms. The molecule has 0 bridgehead atoms. The summed E-state index contributed by atoms with van der Waals surface area (Å²) in [5.74, 6) is 0.944. The highest BCUT2D eigenvalue weighted by Crippen LogP contribution is 1.91. The largest absolute Gasteiger partial charge is 0.241 e. The molecular formula is C9H16N2. The smallest absolute Gasteiger partial charge is 0.128 e. The first kappa shape index (κ1) is 10.1. The van der Waals surface area contributed by atoms with E-state index in [4.69, 9.17) is 0 Å². The summed E-state index contributed by atoms with van der Waals surface area (Å²) in [6.07, 6.45) is 5.65.